The summed E-state index contributed by atoms with van der Waals surface area (Å²) in [4.78, 5) is 0. The Bertz CT molecular complexity index is 1220. The van der Waals surface area contributed by atoms with Gasteiger partial charge in [0.1, 0.15) is 5.75 Å². The van der Waals surface area contributed by atoms with Crippen LogP contribution >= 0.6 is 0 Å². The largest absolute Gasteiger partial charge is 0.494 e. The smallest absolute Gasteiger partial charge is 0.119 e. The van der Waals surface area contributed by atoms with E-state index in [1.54, 1.807) is 0 Å². The van der Waals surface area contributed by atoms with Crippen molar-refractivity contribution in [3.8, 4) is 5.75 Å². The summed E-state index contributed by atoms with van der Waals surface area (Å²) in [5.74, 6) is 1.29. The van der Waals surface area contributed by atoms with Gasteiger partial charge in [0.15, 0.2) is 0 Å². The van der Waals surface area contributed by atoms with Crippen LogP contribution in [0.3, 0.4) is 0 Å². The molecule has 0 radical (unpaired) electrons. The molecule has 5 heteroatoms. The maximum atomic E-state index is 6.44. The summed E-state index contributed by atoms with van der Waals surface area (Å²) >= 11 is 0. The summed E-state index contributed by atoms with van der Waals surface area (Å²) in [7, 11) is 0. The van der Waals surface area contributed by atoms with Crippen LogP contribution in [0, 0.1) is 0 Å². The van der Waals surface area contributed by atoms with Crippen molar-refractivity contribution in [3.63, 3.8) is 0 Å². The Morgan fingerprint density at radius 2 is 1.51 bits per heavy atom. The maximum absolute atomic E-state index is 6.44. The minimum absolute atomic E-state index is 0. The van der Waals surface area contributed by atoms with E-state index in [4.69, 9.17) is 14.2 Å². The van der Waals surface area contributed by atoms with Gasteiger partial charge in [0, 0.05) is 18.9 Å². The molecule has 1 saturated heterocycles. The number of nitrogens with one attached hydrogen (secondary N) is 1. The molecule has 0 spiro atoms. The van der Waals surface area contributed by atoms with Gasteiger partial charge in [0.2, 0.25) is 0 Å². The van der Waals surface area contributed by atoms with Gasteiger partial charge >= 0.3 is 29.6 Å². The molecular weight excluding hydrogens is 469 g/mol. The molecule has 4 aromatic rings. The Labute approximate surface area is 242 Å². The van der Waals surface area contributed by atoms with E-state index in [0.29, 0.717) is 32.3 Å². The van der Waals surface area contributed by atoms with Crippen LogP contribution in [0.2, 0.25) is 0 Å². The fourth-order valence-corrected chi connectivity index (χ4v) is 4.84. The third-order valence-electron chi connectivity index (χ3n) is 6.83. The Hall–Kier alpha value is -2.18. The number of piperidine rings is 1. The van der Waals surface area contributed by atoms with Gasteiger partial charge in [-0.3, -0.25) is 0 Å². The minimum atomic E-state index is 0. The molecule has 0 bridgehead atoms. The van der Waals surface area contributed by atoms with Crippen molar-refractivity contribution in [1.82, 2.24) is 5.32 Å². The SMILES string of the molecule is [NaH].c1ccc(COCCCOc2ccc(C3CCNCC3OCc3ccc4ccccc4c3)cc2)cc1. The van der Waals surface area contributed by atoms with E-state index in [-0.39, 0.29) is 35.7 Å². The summed E-state index contributed by atoms with van der Waals surface area (Å²) in [6, 6.07) is 33.9. The molecule has 1 aliphatic heterocycles. The quantitative estimate of drug-likeness (QED) is 0.205. The second-order valence-electron chi connectivity index (χ2n) is 9.44. The van der Waals surface area contributed by atoms with E-state index < -0.39 is 0 Å². The summed E-state index contributed by atoms with van der Waals surface area (Å²) < 4.78 is 18.1. The predicted octanol–water partition coefficient (Wildman–Crippen LogP) is 5.84. The molecule has 0 saturated carbocycles. The molecule has 5 rings (SSSR count). The molecule has 1 N–H and O–H groups in total. The monoisotopic (exact) mass is 505 g/mol. The third kappa shape index (κ3) is 8.15. The summed E-state index contributed by atoms with van der Waals surface area (Å²) in [6.07, 6.45) is 2.09. The number of fused-ring (bicyclic) bond motifs is 1. The number of benzene rings is 4. The van der Waals surface area contributed by atoms with Crippen molar-refractivity contribution in [3.05, 3.63) is 114 Å². The molecule has 4 aromatic carbocycles. The number of hydrogen-bond donors (Lipinski definition) is 1. The van der Waals surface area contributed by atoms with E-state index >= 15 is 0 Å². The number of ether oxygens (including phenoxy) is 3. The standard InChI is InChI=1S/C32H35NO3.Na.H/c1-2-7-25(8-3-1)23-34-19-6-20-35-30-15-13-28(14-16-30)31-17-18-33-22-32(31)36-24-26-11-12-27-9-4-5-10-29(27)21-26;;/h1-5,7-16,21,31-33H,6,17-20,22-24H2;;. The molecule has 0 amide bonds. The van der Waals surface area contributed by atoms with Gasteiger partial charge < -0.3 is 19.5 Å². The van der Waals surface area contributed by atoms with E-state index in [1.165, 1.54) is 27.5 Å². The van der Waals surface area contributed by atoms with Crippen molar-refractivity contribution in [2.45, 2.75) is 38.1 Å². The molecule has 1 fully saturated rings. The minimum Gasteiger partial charge on any atom is -0.494 e. The van der Waals surface area contributed by atoms with Crippen molar-refractivity contribution < 1.29 is 14.2 Å². The first kappa shape index (κ1) is 27.8. The normalized spacial score (nSPS) is 17.3. The molecular formula is C32H36NNaO3. The molecule has 1 heterocycles. The molecule has 37 heavy (non-hydrogen) atoms. The zero-order valence-electron chi connectivity index (χ0n) is 20.8. The van der Waals surface area contributed by atoms with Crippen molar-refractivity contribution in [1.29, 1.82) is 0 Å². The van der Waals surface area contributed by atoms with Gasteiger partial charge in [-0.15, -0.1) is 0 Å². The van der Waals surface area contributed by atoms with E-state index in [1.807, 2.05) is 18.2 Å². The van der Waals surface area contributed by atoms with Gasteiger partial charge in [-0.1, -0.05) is 78.9 Å². The van der Waals surface area contributed by atoms with Crippen LogP contribution in [-0.2, 0) is 22.7 Å². The zero-order valence-corrected chi connectivity index (χ0v) is 20.8. The fraction of sp³-hybridized carbons (Fsp3) is 0.312. The predicted molar refractivity (Wildman–Crippen MR) is 153 cm³/mol. The Morgan fingerprint density at radius 3 is 2.35 bits per heavy atom. The Kier molecular flexibility index (Phi) is 11.0. The first-order valence-corrected chi connectivity index (χ1v) is 13.0. The van der Waals surface area contributed by atoms with Gasteiger partial charge in [0.25, 0.3) is 0 Å². The van der Waals surface area contributed by atoms with Crippen LogP contribution in [0.4, 0.5) is 0 Å². The van der Waals surface area contributed by atoms with Crippen molar-refractivity contribution in [2.24, 2.45) is 0 Å². The van der Waals surface area contributed by atoms with Gasteiger partial charge in [-0.2, -0.15) is 0 Å². The molecule has 2 atom stereocenters. The number of hydrogen-bond acceptors (Lipinski definition) is 4. The van der Waals surface area contributed by atoms with Crippen molar-refractivity contribution >= 4 is 40.3 Å². The molecule has 4 nitrogen and oxygen atoms in total. The first-order chi connectivity index (χ1) is 17.8. The first-order valence-electron chi connectivity index (χ1n) is 13.0. The fourth-order valence-electron chi connectivity index (χ4n) is 4.84. The van der Waals surface area contributed by atoms with Gasteiger partial charge in [-0.25, -0.2) is 0 Å². The van der Waals surface area contributed by atoms with Crippen LogP contribution in [0.25, 0.3) is 10.8 Å². The number of rotatable bonds is 11. The molecule has 0 aliphatic carbocycles. The Morgan fingerprint density at radius 1 is 0.730 bits per heavy atom. The third-order valence-corrected chi connectivity index (χ3v) is 6.83. The van der Waals surface area contributed by atoms with Crippen LogP contribution in [-0.4, -0.2) is 62.0 Å². The van der Waals surface area contributed by atoms with Gasteiger partial charge in [0.05, 0.1) is 32.5 Å². The maximum Gasteiger partial charge on any atom is 0.119 e. The van der Waals surface area contributed by atoms with E-state index in [0.717, 1.165) is 31.7 Å². The summed E-state index contributed by atoms with van der Waals surface area (Å²) in [5.41, 5.74) is 3.74. The summed E-state index contributed by atoms with van der Waals surface area (Å²) in [5, 5.41) is 6.03. The van der Waals surface area contributed by atoms with Crippen LogP contribution in [0.5, 0.6) is 5.75 Å². The van der Waals surface area contributed by atoms with Crippen LogP contribution < -0.4 is 10.1 Å². The topological polar surface area (TPSA) is 39.7 Å². The molecule has 0 aromatic heterocycles. The van der Waals surface area contributed by atoms with Crippen molar-refractivity contribution in [2.75, 3.05) is 26.3 Å². The second kappa shape index (κ2) is 14.7. The molecule has 1 aliphatic rings. The average molecular weight is 506 g/mol. The second-order valence-corrected chi connectivity index (χ2v) is 9.44. The summed E-state index contributed by atoms with van der Waals surface area (Å²) in [6.45, 7) is 4.51. The van der Waals surface area contributed by atoms with Gasteiger partial charge in [-0.05, 0) is 58.6 Å². The zero-order chi connectivity index (χ0) is 24.4. The molecule has 2 unspecified atom stereocenters. The molecule has 188 valence electrons. The average Bonchev–Trinajstić information content (AvgIpc) is 2.95. The van der Waals surface area contributed by atoms with Crippen LogP contribution in [0.15, 0.2) is 97.1 Å². The van der Waals surface area contributed by atoms with Crippen LogP contribution in [0.1, 0.15) is 35.4 Å². The van der Waals surface area contributed by atoms with E-state index in [9.17, 15) is 0 Å². The Balaban J connectivity index is 0.00000320. The van der Waals surface area contributed by atoms with E-state index in [2.05, 4.69) is 84.2 Å².